The molecule has 1 N–H and O–H groups in total. The van der Waals surface area contributed by atoms with Crippen LogP contribution < -0.4 is 0 Å². The third-order valence-corrected chi connectivity index (χ3v) is 3.07. The van der Waals surface area contributed by atoms with Crippen molar-refractivity contribution in [3.63, 3.8) is 0 Å². The van der Waals surface area contributed by atoms with E-state index < -0.39 is 5.97 Å². The minimum Gasteiger partial charge on any atom is -0.478 e. The number of halogens is 1. The van der Waals surface area contributed by atoms with E-state index in [1.807, 2.05) is 6.07 Å². The molecule has 1 aromatic rings. The molecule has 0 aliphatic heterocycles. The van der Waals surface area contributed by atoms with E-state index in [-0.39, 0.29) is 12.1 Å². The van der Waals surface area contributed by atoms with Crippen LogP contribution in [0, 0.1) is 10.5 Å². The van der Waals surface area contributed by atoms with E-state index in [4.69, 9.17) is 10.6 Å². The molecule has 0 spiro atoms. The van der Waals surface area contributed by atoms with Crippen molar-refractivity contribution in [2.45, 2.75) is 13.5 Å². The lowest BCUT2D eigenvalue weighted by Crippen LogP contribution is -2.02. The number of hydrogen-bond acceptors (Lipinski definition) is 2. The third-order valence-electron chi connectivity index (χ3n) is 1.95. The molecule has 0 aliphatic carbocycles. The lowest BCUT2D eigenvalue weighted by Gasteiger charge is -2.06. The standard InChI is InChI=1S/C9H8IN3O2/c1-5-7(9(14)15)2-6(3-8(5)10)4-12-13-11/h2-3H,4H2,1H3,(H,14,15). The summed E-state index contributed by atoms with van der Waals surface area (Å²) in [5, 5.41) is 12.3. The molecule has 0 unspecified atom stereocenters. The molecule has 0 atom stereocenters. The first-order valence-corrected chi connectivity index (χ1v) is 5.17. The van der Waals surface area contributed by atoms with Crippen molar-refractivity contribution in [2.75, 3.05) is 0 Å². The van der Waals surface area contributed by atoms with Crippen LogP contribution in [0.1, 0.15) is 21.5 Å². The van der Waals surface area contributed by atoms with E-state index >= 15 is 0 Å². The van der Waals surface area contributed by atoms with Crippen LogP contribution in [0.25, 0.3) is 10.4 Å². The zero-order valence-corrected chi connectivity index (χ0v) is 10.1. The maximum Gasteiger partial charge on any atom is 0.335 e. The number of carboxylic acid groups (broad SMARTS) is 1. The van der Waals surface area contributed by atoms with Crippen molar-refractivity contribution < 1.29 is 9.90 Å². The van der Waals surface area contributed by atoms with E-state index in [2.05, 4.69) is 32.6 Å². The Labute approximate surface area is 99.9 Å². The van der Waals surface area contributed by atoms with Gasteiger partial charge in [-0.15, -0.1) is 0 Å². The predicted octanol–water partition coefficient (Wildman–Crippen LogP) is 3.11. The van der Waals surface area contributed by atoms with Gasteiger partial charge >= 0.3 is 5.97 Å². The van der Waals surface area contributed by atoms with Gasteiger partial charge in [0.25, 0.3) is 0 Å². The topological polar surface area (TPSA) is 86.1 Å². The fourth-order valence-corrected chi connectivity index (χ4v) is 1.85. The first kappa shape index (κ1) is 11.8. The van der Waals surface area contributed by atoms with Gasteiger partial charge in [0.2, 0.25) is 0 Å². The van der Waals surface area contributed by atoms with E-state index in [9.17, 15) is 4.79 Å². The van der Waals surface area contributed by atoms with Crippen LogP contribution in [0.2, 0.25) is 0 Å². The Kier molecular flexibility index (Phi) is 3.93. The molecule has 1 aromatic carbocycles. The summed E-state index contributed by atoms with van der Waals surface area (Å²) in [4.78, 5) is 13.5. The van der Waals surface area contributed by atoms with E-state index in [1.54, 1.807) is 6.92 Å². The smallest absolute Gasteiger partial charge is 0.335 e. The molecule has 6 heteroatoms. The molecule has 0 aromatic heterocycles. The maximum absolute atomic E-state index is 10.9. The van der Waals surface area contributed by atoms with Crippen molar-refractivity contribution >= 4 is 28.6 Å². The summed E-state index contributed by atoms with van der Waals surface area (Å²) in [6, 6.07) is 3.35. The van der Waals surface area contributed by atoms with Crippen molar-refractivity contribution in [3.05, 3.63) is 42.8 Å². The monoisotopic (exact) mass is 317 g/mol. The molecule has 0 fully saturated rings. The van der Waals surface area contributed by atoms with Crippen LogP contribution >= 0.6 is 22.6 Å². The lowest BCUT2D eigenvalue weighted by atomic mass is 10.1. The summed E-state index contributed by atoms with van der Waals surface area (Å²) in [6.07, 6.45) is 0. The molecule has 0 bridgehead atoms. The number of benzene rings is 1. The Hall–Kier alpha value is -1.27. The van der Waals surface area contributed by atoms with Gasteiger partial charge in [0, 0.05) is 8.48 Å². The second kappa shape index (κ2) is 4.99. The van der Waals surface area contributed by atoms with Gasteiger partial charge in [0.1, 0.15) is 0 Å². The van der Waals surface area contributed by atoms with Crippen molar-refractivity contribution in [2.24, 2.45) is 5.11 Å². The predicted molar refractivity (Wildman–Crippen MR) is 63.7 cm³/mol. The fourth-order valence-electron chi connectivity index (χ4n) is 1.16. The molecule has 0 radical (unpaired) electrons. The number of rotatable bonds is 3. The summed E-state index contributed by atoms with van der Waals surface area (Å²) in [6.45, 7) is 1.93. The molecule has 1 rings (SSSR count). The molecule has 0 amide bonds. The summed E-state index contributed by atoms with van der Waals surface area (Å²) in [7, 11) is 0. The molecule has 78 valence electrons. The third kappa shape index (κ3) is 2.84. The van der Waals surface area contributed by atoms with Gasteiger partial charge in [-0.25, -0.2) is 4.79 Å². The first-order chi connectivity index (χ1) is 7.06. The highest BCUT2D eigenvalue weighted by Crippen LogP contribution is 2.19. The maximum atomic E-state index is 10.9. The van der Waals surface area contributed by atoms with Crippen molar-refractivity contribution in [1.82, 2.24) is 0 Å². The molecule has 0 saturated carbocycles. The molecule has 0 saturated heterocycles. The van der Waals surface area contributed by atoms with Gasteiger partial charge in [-0.1, -0.05) is 5.11 Å². The first-order valence-electron chi connectivity index (χ1n) is 4.09. The summed E-state index contributed by atoms with van der Waals surface area (Å²) >= 11 is 2.06. The Bertz CT molecular complexity index is 453. The number of carbonyl (C=O) groups is 1. The van der Waals surface area contributed by atoms with Crippen LogP contribution in [-0.4, -0.2) is 11.1 Å². The van der Waals surface area contributed by atoms with Crippen LogP contribution in [-0.2, 0) is 6.54 Å². The average Bonchev–Trinajstić information content (AvgIpc) is 2.19. The molecular weight excluding hydrogens is 309 g/mol. The van der Waals surface area contributed by atoms with Gasteiger partial charge in [-0.3, -0.25) is 0 Å². The van der Waals surface area contributed by atoms with Crippen LogP contribution in [0.5, 0.6) is 0 Å². The average molecular weight is 317 g/mol. The minimum absolute atomic E-state index is 0.174. The van der Waals surface area contributed by atoms with Crippen LogP contribution in [0.15, 0.2) is 17.2 Å². The number of nitrogens with zero attached hydrogens (tertiary/aromatic N) is 3. The quantitative estimate of drug-likeness (QED) is 0.402. The Morgan fingerprint density at radius 2 is 2.33 bits per heavy atom. The molecule has 0 aliphatic rings. The van der Waals surface area contributed by atoms with E-state index in [1.165, 1.54) is 6.07 Å². The molecule has 5 nitrogen and oxygen atoms in total. The van der Waals surface area contributed by atoms with E-state index in [0.717, 1.165) is 9.13 Å². The largest absolute Gasteiger partial charge is 0.478 e. The minimum atomic E-state index is -0.965. The number of carboxylic acids is 1. The molecular formula is C9H8IN3O2. The second-order valence-electron chi connectivity index (χ2n) is 2.94. The molecule has 0 heterocycles. The molecule has 15 heavy (non-hydrogen) atoms. The van der Waals surface area contributed by atoms with Crippen molar-refractivity contribution in [3.8, 4) is 0 Å². The van der Waals surface area contributed by atoms with Crippen LogP contribution in [0.4, 0.5) is 0 Å². The van der Waals surface area contributed by atoms with E-state index in [0.29, 0.717) is 5.56 Å². The normalized spacial score (nSPS) is 9.47. The van der Waals surface area contributed by atoms with Gasteiger partial charge < -0.3 is 5.11 Å². The van der Waals surface area contributed by atoms with Gasteiger partial charge in [-0.05, 0) is 58.3 Å². The summed E-state index contributed by atoms with van der Waals surface area (Å²) in [5.74, 6) is -0.965. The zero-order chi connectivity index (χ0) is 11.4. The van der Waals surface area contributed by atoms with Gasteiger partial charge in [-0.2, -0.15) is 0 Å². The zero-order valence-electron chi connectivity index (χ0n) is 7.94. The second-order valence-corrected chi connectivity index (χ2v) is 4.11. The Balaban J connectivity index is 3.22. The lowest BCUT2D eigenvalue weighted by molar-refractivity contribution is 0.0696. The van der Waals surface area contributed by atoms with Crippen molar-refractivity contribution in [1.29, 1.82) is 0 Å². The van der Waals surface area contributed by atoms with Crippen LogP contribution in [0.3, 0.4) is 0 Å². The number of hydrogen-bond donors (Lipinski definition) is 1. The highest BCUT2D eigenvalue weighted by molar-refractivity contribution is 14.1. The fraction of sp³-hybridized carbons (Fsp3) is 0.222. The Morgan fingerprint density at radius 3 is 2.87 bits per heavy atom. The van der Waals surface area contributed by atoms with Gasteiger partial charge in [0.15, 0.2) is 0 Å². The number of azide groups is 1. The Morgan fingerprint density at radius 1 is 1.67 bits per heavy atom. The van der Waals surface area contributed by atoms with Gasteiger partial charge in [0.05, 0.1) is 12.1 Å². The highest BCUT2D eigenvalue weighted by Gasteiger charge is 2.10. The SMILES string of the molecule is Cc1c(I)cc(CN=[N+]=[N-])cc1C(=O)O. The summed E-state index contributed by atoms with van der Waals surface area (Å²) < 4.78 is 0.857. The summed E-state index contributed by atoms with van der Waals surface area (Å²) in [5.41, 5.74) is 9.86. The highest BCUT2D eigenvalue weighted by atomic mass is 127. The number of aromatic carboxylic acids is 1.